The third-order valence-corrected chi connectivity index (χ3v) is 4.30. The molecule has 2 N–H and O–H groups in total. The minimum absolute atomic E-state index is 0.103. The number of hydrogen-bond donors (Lipinski definition) is 1. The number of primary amides is 1. The molecule has 2 unspecified atom stereocenters. The van der Waals surface area contributed by atoms with E-state index in [0.29, 0.717) is 35.9 Å². The molecule has 3 rings (SSSR count). The number of benzene rings is 1. The Morgan fingerprint density at radius 2 is 2.23 bits per heavy atom. The largest absolute Gasteiger partial charge is 0.490 e. The molecular formula is C18H18ClFN2O4. The van der Waals surface area contributed by atoms with E-state index >= 15 is 0 Å². The van der Waals surface area contributed by atoms with Crippen LogP contribution in [0.3, 0.4) is 0 Å². The standard InChI is InChI=1S/C18H18ClFN2O4/c19-13-2-3-15(22-8-13)11-1-4-17(14(20)7-11)25-10-12-9-24-6-5-16(12)26-18(21)23/h1-4,7-8,12,16H,5-6,9-10H2,(H2,21,23). The van der Waals surface area contributed by atoms with Crippen LogP contribution in [0.15, 0.2) is 36.5 Å². The maximum absolute atomic E-state index is 14.4. The molecule has 2 atom stereocenters. The number of carbonyl (C=O) groups excluding carboxylic acids is 1. The van der Waals surface area contributed by atoms with Gasteiger partial charge in [0.1, 0.15) is 6.10 Å². The third-order valence-electron chi connectivity index (χ3n) is 4.08. The topological polar surface area (TPSA) is 83.7 Å². The van der Waals surface area contributed by atoms with Gasteiger partial charge >= 0.3 is 6.09 Å². The molecule has 2 heterocycles. The van der Waals surface area contributed by atoms with Crippen LogP contribution >= 0.6 is 11.6 Å². The van der Waals surface area contributed by atoms with E-state index in [4.69, 9.17) is 31.5 Å². The number of hydrogen-bond acceptors (Lipinski definition) is 5. The van der Waals surface area contributed by atoms with Gasteiger partial charge < -0.3 is 19.9 Å². The van der Waals surface area contributed by atoms with E-state index < -0.39 is 18.0 Å². The molecule has 0 spiro atoms. The predicted octanol–water partition coefficient (Wildman–Crippen LogP) is 3.42. The average Bonchev–Trinajstić information content (AvgIpc) is 2.62. The van der Waals surface area contributed by atoms with E-state index in [2.05, 4.69) is 4.98 Å². The number of pyridine rings is 1. The van der Waals surface area contributed by atoms with Crippen molar-refractivity contribution in [2.45, 2.75) is 12.5 Å². The molecule has 1 amide bonds. The minimum atomic E-state index is -0.840. The summed E-state index contributed by atoms with van der Waals surface area (Å²) in [5.74, 6) is -0.622. The van der Waals surface area contributed by atoms with E-state index in [9.17, 15) is 9.18 Å². The number of amides is 1. The first kappa shape index (κ1) is 18.4. The van der Waals surface area contributed by atoms with E-state index in [0.717, 1.165) is 0 Å². The Hall–Kier alpha value is -2.38. The molecule has 1 aliphatic rings. The van der Waals surface area contributed by atoms with Crippen LogP contribution < -0.4 is 10.5 Å². The molecule has 0 radical (unpaired) electrons. The van der Waals surface area contributed by atoms with Gasteiger partial charge in [0.25, 0.3) is 0 Å². The van der Waals surface area contributed by atoms with Gasteiger partial charge in [-0.25, -0.2) is 9.18 Å². The van der Waals surface area contributed by atoms with Crippen molar-refractivity contribution in [1.82, 2.24) is 4.98 Å². The summed E-state index contributed by atoms with van der Waals surface area (Å²) in [6.07, 6.45) is 0.789. The van der Waals surface area contributed by atoms with Crippen molar-refractivity contribution in [2.75, 3.05) is 19.8 Å². The summed E-state index contributed by atoms with van der Waals surface area (Å²) in [7, 11) is 0. The Balaban J connectivity index is 1.66. The quantitative estimate of drug-likeness (QED) is 0.859. The Bertz CT molecular complexity index is 772. The molecule has 1 saturated heterocycles. The van der Waals surface area contributed by atoms with E-state index in [1.807, 2.05) is 0 Å². The molecule has 1 aliphatic heterocycles. The summed E-state index contributed by atoms with van der Waals surface area (Å²) in [6, 6.07) is 8.00. The summed E-state index contributed by atoms with van der Waals surface area (Å²) < 4.78 is 30.4. The molecule has 8 heteroatoms. The fourth-order valence-electron chi connectivity index (χ4n) is 2.76. The van der Waals surface area contributed by atoms with Gasteiger partial charge in [0.05, 0.1) is 36.5 Å². The summed E-state index contributed by atoms with van der Waals surface area (Å²) in [6.45, 7) is 0.978. The fraction of sp³-hybridized carbons (Fsp3) is 0.333. The second-order valence-electron chi connectivity index (χ2n) is 5.92. The van der Waals surface area contributed by atoms with Crippen molar-refractivity contribution in [3.8, 4) is 17.0 Å². The van der Waals surface area contributed by atoms with E-state index in [-0.39, 0.29) is 18.3 Å². The number of halogens is 2. The first-order chi connectivity index (χ1) is 12.5. The highest BCUT2D eigenvalue weighted by Gasteiger charge is 2.29. The van der Waals surface area contributed by atoms with Crippen molar-refractivity contribution >= 4 is 17.7 Å². The Morgan fingerprint density at radius 1 is 1.38 bits per heavy atom. The van der Waals surface area contributed by atoms with Crippen LogP contribution in [0.2, 0.25) is 5.02 Å². The number of nitrogens with two attached hydrogens (primary N) is 1. The number of ether oxygens (including phenoxy) is 3. The SMILES string of the molecule is NC(=O)OC1CCOCC1COc1ccc(-c2ccc(Cl)cn2)cc1F. The van der Waals surface area contributed by atoms with Gasteiger partial charge in [0, 0.05) is 18.2 Å². The lowest BCUT2D eigenvalue weighted by Crippen LogP contribution is -2.40. The highest BCUT2D eigenvalue weighted by Crippen LogP contribution is 2.26. The molecule has 2 aromatic rings. The van der Waals surface area contributed by atoms with Gasteiger partial charge in [-0.3, -0.25) is 4.98 Å². The molecule has 0 saturated carbocycles. The fourth-order valence-corrected chi connectivity index (χ4v) is 2.87. The van der Waals surface area contributed by atoms with Crippen molar-refractivity contribution in [3.05, 3.63) is 47.4 Å². The maximum Gasteiger partial charge on any atom is 0.404 e. The Morgan fingerprint density at radius 3 is 2.92 bits per heavy atom. The maximum atomic E-state index is 14.4. The minimum Gasteiger partial charge on any atom is -0.490 e. The van der Waals surface area contributed by atoms with Gasteiger partial charge in [-0.15, -0.1) is 0 Å². The summed E-state index contributed by atoms with van der Waals surface area (Å²) in [4.78, 5) is 15.1. The van der Waals surface area contributed by atoms with Crippen LogP contribution in [0, 0.1) is 11.7 Å². The zero-order valence-electron chi connectivity index (χ0n) is 13.9. The zero-order chi connectivity index (χ0) is 18.5. The lowest BCUT2D eigenvalue weighted by Gasteiger charge is -2.30. The van der Waals surface area contributed by atoms with E-state index in [1.54, 1.807) is 18.2 Å². The van der Waals surface area contributed by atoms with Crippen LogP contribution in [-0.2, 0) is 9.47 Å². The number of aromatic nitrogens is 1. The van der Waals surface area contributed by atoms with Gasteiger partial charge in [-0.1, -0.05) is 11.6 Å². The molecule has 1 aromatic carbocycles. The highest BCUT2D eigenvalue weighted by molar-refractivity contribution is 6.30. The third kappa shape index (κ3) is 4.62. The van der Waals surface area contributed by atoms with Crippen LogP contribution in [0.1, 0.15) is 6.42 Å². The molecule has 6 nitrogen and oxygen atoms in total. The second-order valence-corrected chi connectivity index (χ2v) is 6.35. The Labute approximate surface area is 155 Å². The highest BCUT2D eigenvalue weighted by atomic mass is 35.5. The van der Waals surface area contributed by atoms with Gasteiger partial charge in [0.15, 0.2) is 11.6 Å². The van der Waals surface area contributed by atoms with Gasteiger partial charge in [-0.05, 0) is 30.3 Å². The summed E-state index contributed by atoms with van der Waals surface area (Å²) in [5.41, 5.74) is 6.30. The van der Waals surface area contributed by atoms with Gasteiger partial charge in [0.2, 0.25) is 0 Å². The molecule has 0 aliphatic carbocycles. The first-order valence-electron chi connectivity index (χ1n) is 8.11. The van der Waals surface area contributed by atoms with Crippen LogP contribution in [0.4, 0.5) is 9.18 Å². The number of carbonyl (C=O) groups is 1. The predicted molar refractivity (Wildman–Crippen MR) is 93.5 cm³/mol. The lowest BCUT2D eigenvalue weighted by molar-refractivity contribution is -0.0544. The molecule has 138 valence electrons. The summed E-state index contributed by atoms with van der Waals surface area (Å²) in [5, 5.41) is 0.511. The normalized spacial score (nSPS) is 19.8. The second kappa shape index (κ2) is 8.33. The number of nitrogens with zero attached hydrogens (tertiary/aromatic N) is 1. The monoisotopic (exact) mass is 380 g/mol. The average molecular weight is 381 g/mol. The molecule has 1 aromatic heterocycles. The van der Waals surface area contributed by atoms with Crippen molar-refractivity contribution in [2.24, 2.45) is 11.7 Å². The van der Waals surface area contributed by atoms with Crippen molar-refractivity contribution in [1.29, 1.82) is 0 Å². The first-order valence-corrected chi connectivity index (χ1v) is 8.49. The van der Waals surface area contributed by atoms with Gasteiger partial charge in [-0.2, -0.15) is 0 Å². The molecule has 26 heavy (non-hydrogen) atoms. The van der Waals surface area contributed by atoms with Crippen LogP contribution in [0.5, 0.6) is 5.75 Å². The Kier molecular flexibility index (Phi) is 5.90. The van der Waals surface area contributed by atoms with Crippen molar-refractivity contribution < 1.29 is 23.4 Å². The van der Waals surface area contributed by atoms with Crippen LogP contribution in [-0.4, -0.2) is 37.0 Å². The van der Waals surface area contributed by atoms with Crippen molar-refractivity contribution in [3.63, 3.8) is 0 Å². The molecule has 0 bridgehead atoms. The smallest absolute Gasteiger partial charge is 0.404 e. The molecular weight excluding hydrogens is 363 g/mol. The molecule has 1 fully saturated rings. The van der Waals surface area contributed by atoms with E-state index in [1.165, 1.54) is 18.3 Å². The number of rotatable bonds is 5. The zero-order valence-corrected chi connectivity index (χ0v) is 14.6. The summed E-state index contributed by atoms with van der Waals surface area (Å²) >= 11 is 5.81. The lowest BCUT2D eigenvalue weighted by atomic mass is 9.99. The van der Waals surface area contributed by atoms with Crippen LogP contribution in [0.25, 0.3) is 11.3 Å².